The second-order valence-corrected chi connectivity index (χ2v) is 8.06. The summed E-state index contributed by atoms with van der Waals surface area (Å²) in [5.74, 6) is -0.274. The third kappa shape index (κ3) is 5.32. The van der Waals surface area contributed by atoms with Crippen molar-refractivity contribution in [3.8, 4) is 0 Å². The molecule has 6 nitrogen and oxygen atoms in total. The van der Waals surface area contributed by atoms with Crippen LogP contribution < -0.4 is 5.32 Å². The number of hydrogen-bond acceptors (Lipinski definition) is 5. The molecule has 2 saturated heterocycles. The maximum atomic E-state index is 12.0. The number of imide groups is 1. The summed E-state index contributed by atoms with van der Waals surface area (Å²) < 4.78 is 0. The first-order valence-electron chi connectivity index (χ1n) is 9.51. The molecule has 0 bridgehead atoms. The topological polar surface area (TPSA) is 69.7 Å². The van der Waals surface area contributed by atoms with E-state index in [2.05, 4.69) is 40.7 Å². The predicted molar refractivity (Wildman–Crippen MR) is 105 cm³/mol. The Labute approximate surface area is 164 Å². The van der Waals surface area contributed by atoms with Crippen molar-refractivity contribution < 1.29 is 14.4 Å². The van der Waals surface area contributed by atoms with Crippen molar-refractivity contribution in [3.63, 3.8) is 0 Å². The van der Waals surface area contributed by atoms with Gasteiger partial charge in [0, 0.05) is 30.8 Å². The number of amides is 3. The van der Waals surface area contributed by atoms with Crippen LogP contribution in [-0.2, 0) is 20.9 Å². The number of likely N-dealkylation sites (tertiary alicyclic amines) is 2. The zero-order valence-electron chi connectivity index (χ0n) is 15.8. The summed E-state index contributed by atoms with van der Waals surface area (Å²) in [6.07, 6.45) is 4.65. The van der Waals surface area contributed by atoms with E-state index in [-0.39, 0.29) is 37.1 Å². The molecular weight excluding hydrogens is 362 g/mol. The fourth-order valence-corrected chi connectivity index (χ4v) is 4.29. The van der Waals surface area contributed by atoms with Crippen LogP contribution in [0.5, 0.6) is 0 Å². The fourth-order valence-electron chi connectivity index (χ4n) is 3.68. The van der Waals surface area contributed by atoms with E-state index < -0.39 is 0 Å². The van der Waals surface area contributed by atoms with Crippen LogP contribution in [0.1, 0.15) is 31.2 Å². The molecule has 146 valence electrons. The molecule has 1 aromatic rings. The van der Waals surface area contributed by atoms with Gasteiger partial charge in [0.25, 0.3) is 0 Å². The molecule has 7 heteroatoms. The highest BCUT2D eigenvalue weighted by molar-refractivity contribution is 7.98. The summed E-state index contributed by atoms with van der Waals surface area (Å²) >= 11 is 1.78. The molecule has 0 saturated carbocycles. The molecule has 2 fully saturated rings. The van der Waals surface area contributed by atoms with Gasteiger partial charge in [0.15, 0.2) is 0 Å². The average Bonchev–Trinajstić information content (AvgIpc) is 3.00. The van der Waals surface area contributed by atoms with Crippen LogP contribution in [0.15, 0.2) is 29.2 Å². The van der Waals surface area contributed by atoms with Gasteiger partial charge in [0.05, 0.1) is 0 Å². The van der Waals surface area contributed by atoms with Gasteiger partial charge in [-0.3, -0.25) is 24.2 Å². The lowest BCUT2D eigenvalue weighted by Gasteiger charge is -2.32. The van der Waals surface area contributed by atoms with Crippen molar-refractivity contribution in [1.82, 2.24) is 15.1 Å². The molecule has 0 aromatic heterocycles. The lowest BCUT2D eigenvalue weighted by molar-refractivity contribution is -0.142. The number of thioether (sulfide) groups is 1. The summed E-state index contributed by atoms with van der Waals surface area (Å²) in [7, 11) is 0. The zero-order valence-corrected chi connectivity index (χ0v) is 16.6. The quantitative estimate of drug-likeness (QED) is 0.570. The van der Waals surface area contributed by atoms with Crippen LogP contribution in [0.3, 0.4) is 0 Å². The zero-order chi connectivity index (χ0) is 19.2. The number of hydrogen-bond donors (Lipinski definition) is 1. The van der Waals surface area contributed by atoms with Crippen molar-refractivity contribution in [2.75, 3.05) is 32.4 Å². The molecule has 2 heterocycles. The van der Waals surface area contributed by atoms with Gasteiger partial charge in [-0.05, 0) is 49.7 Å². The molecular formula is C20H27N3O3S. The van der Waals surface area contributed by atoms with E-state index in [1.54, 1.807) is 11.8 Å². The van der Waals surface area contributed by atoms with E-state index in [1.165, 1.54) is 10.5 Å². The second-order valence-electron chi connectivity index (χ2n) is 7.21. The van der Waals surface area contributed by atoms with Gasteiger partial charge in [-0.1, -0.05) is 18.2 Å². The first-order chi connectivity index (χ1) is 13.1. The molecule has 27 heavy (non-hydrogen) atoms. The van der Waals surface area contributed by atoms with Gasteiger partial charge in [0.1, 0.15) is 6.54 Å². The van der Waals surface area contributed by atoms with Gasteiger partial charge < -0.3 is 5.32 Å². The number of nitrogens with zero attached hydrogens (tertiary/aromatic N) is 2. The summed E-state index contributed by atoms with van der Waals surface area (Å²) in [5, 5.41) is 2.90. The Balaban J connectivity index is 1.39. The molecule has 2 aliphatic rings. The average molecular weight is 390 g/mol. The number of benzene rings is 1. The van der Waals surface area contributed by atoms with Crippen LogP contribution in [0.25, 0.3) is 0 Å². The fraction of sp³-hybridized carbons (Fsp3) is 0.550. The van der Waals surface area contributed by atoms with E-state index >= 15 is 0 Å². The highest BCUT2D eigenvalue weighted by atomic mass is 32.2. The Morgan fingerprint density at radius 3 is 2.48 bits per heavy atom. The van der Waals surface area contributed by atoms with E-state index in [1.807, 2.05) is 0 Å². The standard InChI is InChI=1S/C20H27N3O3S/c1-27-17-5-3-2-4-16(17)13-22-10-8-15(9-11-22)12-21-18(24)14-23-19(25)6-7-20(23)26/h2-5,15H,6-14H2,1H3,(H,21,24). The summed E-state index contributed by atoms with van der Waals surface area (Å²) in [6, 6.07) is 8.53. The Morgan fingerprint density at radius 1 is 1.15 bits per heavy atom. The molecule has 0 aliphatic carbocycles. The van der Waals surface area contributed by atoms with Crippen LogP contribution in [-0.4, -0.2) is 60.0 Å². The minimum Gasteiger partial charge on any atom is -0.354 e. The molecule has 0 atom stereocenters. The van der Waals surface area contributed by atoms with E-state index in [0.717, 1.165) is 37.4 Å². The van der Waals surface area contributed by atoms with Crippen molar-refractivity contribution in [3.05, 3.63) is 29.8 Å². The second kappa shape index (κ2) is 9.37. The lowest BCUT2D eigenvalue weighted by atomic mass is 9.96. The van der Waals surface area contributed by atoms with Gasteiger partial charge in [-0.2, -0.15) is 0 Å². The third-order valence-electron chi connectivity index (χ3n) is 5.34. The normalized spacial score (nSPS) is 18.9. The van der Waals surface area contributed by atoms with E-state index in [4.69, 9.17) is 0 Å². The molecule has 3 amide bonds. The molecule has 0 spiro atoms. The first-order valence-corrected chi connectivity index (χ1v) is 10.7. The number of carbonyl (C=O) groups excluding carboxylic acids is 3. The van der Waals surface area contributed by atoms with E-state index in [0.29, 0.717) is 12.5 Å². The van der Waals surface area contributed by atoms with Crippen LogP contribution in [0.2, 0.25) is 0 Å². The first kappa shape index (κ1) is 19.9. The Morgan fingerprint density at radius 2 is 1.81 bits per heavy atom. The smallest absolute Gasteiger partial charge is 0.240 e. The van der Waals surface area contributed by atoms with Crippen LogP contribution >= 0.6 is 11.8 Å². The third-order valence-corrected chi connectivity index (χ3v) is 6.18. The molecule has 3 rings (SSSR count). The number of nitrogens with one attached hydrogen (secondary N) is 1. The molecule has 2 aliphatic heterocycles. The predicted octanol–water partition coefficient (Wildman–Crippen LogP) is 1.89. The van der Waals surface area contributed by atoms with Gasteiger partial charge >= 0.3 is 0 Å². The Bertz CT molecular complexity index is 685. The summed E-state index contributed by atoms with van der Waals surface area (Å²) in [6.45, 7) is 3.49. The highest BCUT2D eigenvalue weighted by Crippen LogP contribution is 2.24. The van der Waals surface area contributed by atoms with Crippen LogP contribution in [0, 0.1) is 5.92 Å². The highest BCUT2D eigenvalue weighted by Gasteiger charge is 2.30. The van der Waals surface area contributed by atoms with E-state index in [9.17, 15) is 14.4 Å². The van der Waals surface area contributed by atoms with Crippen LogP contribution in [0.4, 0.5) is 0 Å². The lowest BCUT2D eigenvalue weighted by Crippen LogP contribution is -2.43. The monoisotopic (exact) mass is 389 g/mol. The maximum absolute atomic E-state index is 12.0. The molecule has 1 aromatic carbocycles. The summed E-state index contributed by atoms with van der Waals surface area (Å²) in [4.78, 5) is 40.1. The summed E-state index contributed by atoms with van der Waals surface area (Å²) in [5.41, 5.74) is 1.37. The number of piperidine rings is 1. The Kier molecular flexibility index (Phi) is 6.90. The van der Waals surface area contributed by atoms with Gasteiger partial charge in [0.2, 0.25) is 17.7 Å². The Hall–Kier alpha value is -1.86. The molecule has 0 radical (unpaired) electrons. The van der Waals surface area contributed by atoms with Crippen molar-refractivity contribution in [2.24, 2.45) is 5.92 Å². The number of carbonyl (C=O) groups is 3. The van der Waals surface area contributed by atoms with Crippen molar-refractivity contribution in [1.29, 1.82) is 0 Å². The van der Waals surface area contributed by atoms with Crippen molar-refractivity contribution in [2.45, 2.75) is 37.1 Å². The van der Waals surface area contributed by atoms with Crippen molar-refractivity contribution >= 4 is 29.5 Å². The minimum absolute atomic E-state index is 0.137. The minimum atomic E-state index is -0.242. The molecule has 1 N–H and O–H groups in total. The number of rotatable bonds is 7. The molecule has 0 unspecified atom stereocenters. The maximum Gasteiger partial charge on any atom is 0.240 e. The largest absolute Gasteiger partial charge is 0.354 e. The SMILES string of the molecule is CSc1ccccc1CN1CCC(CNC(=O)CN2C(=O)CCC2=O)CC1. The van der Waals surface area contributed by atoms with Gasteiger partial charge in [-0.25, -0.2) is 0 Å². The van der Waals surface area contributed by atoms with Gasteiger partial charge in [-0.15, -0.1) is 11.8 Å².